The minimum Gasteiger partial charge on any atom is -0.407 e. The fourth-order valence-electron chi connectivity index (χ4n) is 2.47. The first-order valence-corrected chi connectivity index (χ1v) is 8.41. The van der Waals surface area contributed by atoms with Crippen LogP contribution in [-0.4, -0.2) is 41.0 Å². The van der Waals surface area contributed by atoms with Gasteiger partial charge in [0, 0.05) is 43.2 Å². The zero-order valence-electron chi connectivity index (χ0n) is 12.8. The van der Waals surface area contributed by atoms with Gasteiger partial charge in [0.2, 0.25) is 0 Å². The van der Waals surface area contributed by atoms with E-state index in [2.05, 4.69) is 10.3 Å². The first-order chi connectivity index (χ1) is 11.6. The zero-order valence-corrected chi connectivity index (χ0v) is 13.7. The van der Waals surface area contributed by atoms with Crippen LogP contribution in [0.25, 0.3) is 0 Å². The number of benzene rings is 1. The Labute approximate surface area is 142 Å². The molecular formula is C16H17N3O4S. The summed E-state index contributed by atoms with van der Waals surface area (Å²) < 4.78 is 4.98. The molecule has 2 N–H and O–H groups in total. The molecule has 0 saturated carbocycles. The Hall–Kier alpha value is -2.45. The molecule has 2 amide bonds. The summed E-state index contributed by atoms with van der Waals surface area (Å²) in [4.78, 5) is 29.7. The predicted octanol–water partition coefficient (Wildman–Crippen LogP) is 1.54. The van der Waals surface area contributed by atoms with Gasteiger partial charge in [0.1, 0.15) is 0 Å². The highest BCUT2D eigenvalue weighted by atomic mass is 32.1. The van der Waals surface area contributed by atoms with Crippen LogP contribution in [0.4, 0.5) is 10.5 Å². The first-order valence-electron chi connectivity index (χ1n) is 7.53. The summed E-state index contributed by atoms with van der Waals surface area (Å²) in [6.45, 7) is 0.602. The fourth-order valence-corrected chi connectivity index (χ4v) is 3.09. The molecule has 1 aromatic heterocycles. The van der Waals surface area contributed by atoms with E-state index in [0.29, 0.717) is 18.7 Å². The zero-order chi connectivity index (χ0) is 17.0. The summed E-state index contributed by atoms with van der Waals surface area (Å²) in [5.41, 5.74) is 0.659. The molecule has 24 heavy (non-hydrogen) atoms. The van der Waals surface area contributed by atoms with Gasteiger partial charge in [0.25, 0.3) is 11.7 Å². The largest absolute Gasteiger partial charge is 0.410 e. The average Bonchev–Trinajstić information content (AvgIpc) is 3.18. The summed E-state index contributed by atoms with van der Waals surface area (Å²) in [6, 6.07) is 8.95. The second kappa shape index (κ2) is 6.98. The molecular weight excluding hydrogens is 330 g/mol. The molecule has 1 aliphatic heterocycles. The third-order valence-electron chi connectivity index (χ3n) is 3.67. The first kappa shape index (κ1) is 16.4. The molecule has 0 radical (unpaired) electrons. The maximum atomic E-state index is 12.4. The minimum absolute atomic E-state index is 0.0284. The van der Waals surface area contributed by atoms with Crippen molar-refractivity contribution in [1.82, 2.24) is 10.3 Å². The molecule has 0 spiro atoms. The topological polar surface area (TPSA) is 91.8 Å². The lowest BCUT2D eigenvalue weighted by molar-refractivity contribution is -0.175. The number of hydrogen-bond acceptors (Lipinski definition) is 6. The number of thiazole rings is 1. The van der Waals surface area contributed by atoms with Crippen molar-refractivity contribution >= 4 is 29.0 Å². The molecule has 0 bridgehead atoms. The van der Waals surface area contributed by atoms with E-state index < -0.39 is 17.8 Å². The highest BCUT2D eigenvalue weighted by molar-refractivity contribution is 7.09. The molecule has 7 nitrogen and oxygen atoms in total. The van der Waals surface area contributed by atoms with Crippen LogP contribution in [0.2, 0.25) is 0 Å². The highest BCUT2D eigenvalue weighted by Crippen LogP contribution is 2.29. The number of anilines is 1. The number of para-hydroxylation sites is 1. The van der Waals surface area contributed by atoms with E-state index in [4.69, 9.17) is 4.74 Å². The van der Waals surface area contributed by atoms with Crippen LogP contribution in [0.3, 0.4) is 0 Å². The van der Waals surface area contributed by atoms with E-state index in [1.807, 2.05) is 11.4 Å². The monoisotopic (exact) mass is 347 g/mol. The summed E-state index contributed by atoms with van der Waals surface area (Å²) in [7, 11) is 0. The van der Waals surface area contributed by atoms with Crippen molar-refractivity contribution in [3.63, 3.8) is 0 Å². The predicted molar refractivity (Wildman–Crippen MR) is 88.7 cm³/mol. The van der Waals surface area contributed by atoms with Crippen molar-refractivity contribution in [2.45, 2.75) is 18.6 Å². The Balaban J connectivity index is 1.54. The maximum absolute atomic E-state index is 12.4. The average molecular weight is 347 g/mol. The minimum atomic E-state index is -2.12. The van der Waals surface area contributed by atoms with Gasteiger partial charge in [-0.1, -0.05) is 18.2 Å². The number of aromatic nitrogens is 1. The molecule has 1 atom stereocenters. The molecule has 3 rings (SSSR count). The number of alkyl carbamates (subject to hydrolysis) is 1. The van der Waals surface area contributed by atoms with Crippen molar-refractivity contribution in [2.75, 3.05) is 18.0 Å². The molecule has 0 unspecified atom stereocenters. The number of nitrogens with one attached hydrogen (secondary N) is 1. The Bertz CT molecular complexity index is 707. The molecule has 126 valence electrons. The van der Waals surface area contributed by atoms with Gasteiger partial charge < -0.3 is 20.1 Å². The van der Waals surface area contributed by atoms with Crippen LogP contribution in [0.15, 0.2) is 41.9 Å². The Morgan fingerprint density at radius 3 is 2.92 bits per heavy atom. The van der Waals surface area contributed by atoms with Gasteiger partial charge in [-0.2, -0.15) is 0 Å². The number of hydrogen-bond donors (Lipinski definition) is 2. The van der Waals surface area contributed by atoms with Crippen molar-refractivity contribution in [3.8, 4) is 0 Å². The summed E-state index contributed by atoms with van der Waals surface area (Å²) in [6.07, 6.45) is 1.46. The summed E-state index contributed by atoms with van der Waals surface area (Å²) >= 11 is 1.49. The lowest BCUT2D eigenvalue weighted by atomic mass is 10.2. The molecule has 1 fully saturated rings. The Morgan fingerprint density at radius 1 is 1.42 bits per heavy atom. The van der Waals surface area contributed by atoms with Gasteiger partial charge in [-0.05, 0) is 12.1 Å². The van der Waals surface area contributed by atoms with Crippen molar-refractivity contribution in [1.29, 1.82) is 0 Å². The van der Waals surface area contributed by atoms with Gasteiger partial charge in [-0.3, -0.25) is 4.79 Å². The van der Waals surface area contributed by atoms with Crippen LogP contribution >= 0.6 is 11.3 Å². The molecule has 1 saturated heterocycles. The maximum Gasteiger partial charge on any atom is 0.410 e. The van der Waals surface area contributed by atoms with Crippen molar-refractivity contribution in [3.05, 3.63) is 46.9 Å². The van der Waals surface area contributed by atoms with E-state index in [1.54, 1.807) is 30.5 Å². The SMILES string of the molecule is O=C(NCCc1nccs1)O[C@@]1(O)CCN(c2ccccc2)C1=O. The second-order valence-electron chi connectivity index (χ2n) is 5.32. The highest BCUT2D eigenvalue weighted by Gasteiger charge is 2.49. The van der Waals surface area contributed by atoms with Gasteiger partial charge in [0.15, 0.2) is 0 Å². The fraction of sp³-hybridized carbons (Fsp3) is 0.312. The number of amides is 2. The van der Waals surface area contributed by atoms with E-state index >= 15 is 0 Å². The molecule has 2 heterocycles. The molecule has 2 aromatic rings. The van der Waals surface area contributed by atoms with Gasteiger partial charge in [-0.25, -0.2) is 9.78 Å². The number of carbonyl (C=O) groups is 2. The standard InChI is InChI=1S/C16H17N3O4S/c20-14-16(22,7-10-19(14)12-4-2-1-3-5-12)23-15(21)18-8-6-13-17-9-11-24-13/h1-5,9,11,22H,6-8,10H2,(H,18,21)/t16-/m0/s1. The molecule has 1 aliphatic rings. The number of aliphatic hydroxyl groups is 1. The number of carbonyl (C=O) groups excluding carboxylic acids is 2. The summed E-state index contributed by atoms with van der Waals surface area (Å²) in [5, 5.41) is 15.6. The van der Waals surface area contributed by atoms with Crippen LogP contribution in [0, 0.1) is 0 Å². The van der Waals surface area contributed by atoms with Crippen molar-refractivity contribution < 1.29 is 19.4 Å². The Kier molecular flexibility index (Phi) is 4.77. The Morgan fingerprint density at radius 2 is 2.21 bits per heavy atom. The third kappa shape index (κ3) is 3.55. The van der Waals surface area contributed by atoms with Crippen LogP contribution in [-0.2, 0) is 16.0 Å². The van der Waals surface area contributed by atoms with Crippen LogP contribution in [0.1, 0.15) is 11.4 Å². The van der Waals surface area contributed by atoms with Gasteiger partial charge in [0.05, 0.1) is 5.01 Å². The normalized spacial score (nSPS) is 20.2. The number of ether oxygens (including phenoxy) is 1. The number of nitrogens with zero attached hydrogens (tertiary/aromatic N) is 2. The molecule has 1 aromatic carbocycles. The lowest BCUT2D eigenvalue weighted by Crippen LogP contribution is -2.46. The van der Waals surface area contributed by atoms with E-state index in [9.17, 15) is 14.7 Å². The van der Waals surface area contributed by atoms with E-state index in [1.165, 1.54) is 16.2 Å². The molecule has 8 heteroatoms. The van der Waals surface area contributed by atoms with Crippen molar-refractivity contribution in [2.24, 2.45) is 0 Å². The van der Waals surface area contributed by atoms with E-state index in [0.717, 1.165) is 5.01 Å². The van der Waals surface area contributed by atoms with Gasteiger partial charge in [-0.15, -0.1) is 11.3 Å². The van der Waals surface area contributed by atoms with Crippen LogP contribution in [0.5, 0.6) is 0 Å². The number of rotatable bonds is 5. The second-order valence-corrected chi connectivity index (χ2v) is 6.30. The smallest absolute Gasteiger partial charge is 0.407 e. The quantitative estimate of drug-likeness (QED) is 0.801. The molecule has 0 aliphatic carbocycles. The van der Waals surface area contributed by atoms with Crippen LogP contribution < -0.4 is 10.2 Å². The van der Waals surface area contributed by atoms with E-state index in [-0.39, 0.29) is 13.0 Å². The van der Waals surface area contributed by atoms with Gasteiger partial charge >= 0.3 is 6.09 Å². The summed E-state index contributed by atoms with van der Waals surface area (Å²) in [5.74, 6) is -2.76. The third-order valence-corrected chi connectivity index (χ3v) is 4.51. The lowest BCUT2D eigenvalue weighted by Gasteiger charge is -2.22.